The van der Waals surface area contributed by atoms with Gasteiger partial charge >= 0.3 is 17.9 Å². The summed E-state index contributed by atoms with van der Waals surface area (Å²) in [6.45, 7) is 3.01. The molecule has 1 aromatic heterocycles. The Labute approximate surface area is 170 Å². The van der Waals surface area contributed by atoms with E-state index in [0.29, 0.717) is 0 Å². The normalized spacial score (nSPS) is 10.3. The van der Waals surface area contributed by atoms with Gasteiger partial charge in [-0.05, 0) is 26.0 Å². The van der Waals surface area contributed by atoms with E-state index in [9.17, 15) is 19.5 Å². The molecule has 0 saturated carbocycles. The third-order valence-corrected chi connectivity index (χ3v) is 4.80. The van der Waals surface area contributed by atoms with E-state index in [2.05, 4.69) is 0 Å². The average molecular weight is 423 g/mol. The van der Waals surface area contributed by atoms with Crippen LogP contribution in [0, 0.1) is 0 Å². The number of hydrogen-bond acceptors (Lipinski definition) is 10. The molecule has 29 heavy (non-hydrogen) atoms. The van der Waals surface area contributed by atoms with E-state index >= 15 is 0 Å². The number of ether oxygens (including phenoxy) is 4. The number of rotatable bonds is 8. The number of phenolic OH excluding ortho intramolecular Hbond substituents is 1. The highest BCUT2D eigenvalue weighted by Gasteiger charge is 2.29. The lowest BCUT2D eigenvalue weighted by Crippen LogP contribution is -2.14. The van der Waals surface area contributed by atoms with Gasteiger partial charge in [0.15, 0.2) is 11.5 Å². The molecule has 3 N–H and O–H groups in total. The summed E-state index contributed by atoms with van der Waals surface area (Å²) in [5.74, 6) is -2.61. The molecule has 10 heteroatoms. The molecule has 9 nitrogen and oxygen atoms in total. The highest BCUT2D eigenvalue weighted by atomic mass is 32.1. The first kappa shape index (κ1) is 22.0. The van der Waals surface area contributed by atoms with Gasteiger partial charge in [0.25, 0.3) is 0 Å². The summed E-state index contributed by atoms with van der Waals surface area (Å²) in [7, 11) is 1.34. The van der Waals surface area contributed by atoms with Gasteiger partial charge in [0.2, 0.25) is 0 Å². The molecule has 0 spiro atoms. The number of carbonyl (C=O) groups excluding carboxylic acids is 3. The van der Waals surface area contributed by atoms with Gasteiger partial charge < -0.3 is 29.8 Å². The Bertz CT molecular complexity index is 921. The first-order chi connectivity index (χ1) is 13.8. The fourth-order valence-corrected chi connectivity index (χ4v) is 3.43. The number of anilines is 1. The van der Waals surface area contributed by atoms with Crippen LogP contribution in [0.2, 0.25) is 0 Å². The standard InChI is InChI=1S/C19H21NO8S/c1-4-26-18(23)13-11(15(29-16(13)20)19(24)27-5-2)9-28-17(22)10-7-6-8-12(25-3)14(10)21/h6-8,21H,4-5,9,20H2,1-3H3. The second-order valence-electron chi connectivity index (χ2n) is 5.52. The zero-order valence-electron chi connectivity index (χ0n) is 16.1. The number of thiophene rings is 1. The quantitative estimate of drug-likeness (QED) is 0.485. The molecule has 0 aliphatic rings. The molecule has 0 aliphatic heterocycles. The van der Waals surface area contributed by atoms with Crippen molar-refractivity contribution in [3.05, 3.63) is 39.8 Å². The van der Waals surface area contributed by atoms with Gasteiger partial charge in [0.1, 0.15) is 27.6 Å². The van der Waals surface area contributed by atoms with Crippen LogP contribution in [0.4, 0.5) is 5.00 Å². The van der Waals surface area contributed by atoms with Crippen LogP contribution in [-0.2, 0) is 20.8 Å². The molecule has 0 radical (unpaired) electrons. The molecule has 0 bridgehead atoms. The summed E-state index contributed by atoms with van der Waals surface area (Å²) in [5, 5.41) is 10.1. The van der Waals surface area contributed by atoms with Crippen LogP contribution < -0.4 is 10.5 Å². The molecule has 0 unspecified atom stereocenters. The number of hydrogen-bond donors (Lipinski definition) is 2. The topological polar surface area (TPSA) is 134 Å². The van der Waals surface area contributed by atoms with E-state index in [4.69, 9.17) is 24.7 Å². The molecule has 156 valence electrons. The van der Waals surface area contributed by atoms with E-state index in [1.165, 1.54) is 25.3 Å². The molecular weight excluding hydrogens is 402 g/mol. The minimum Gasteiger partial charge on any atom is -0.504 e. The van der Waals surface area contributed by atoms with Crippen LogP contribution >= 0.6 is 11.3 Å². The average Bonchev–Trinajstić information content (AvgIpc) is 3.03. The van der Waals surface area contributed by atoms with E-state index in [0.717, 1.165) is 11.3 Å². The third kappa shape index (κ3) is 4.77. The molecule has 0 atom stereocenters. The molecule has 2 aromatic rings. The van der Waals surface area contributed by atoms with Crippen molar-refractivity contribution in [2.75, 3.05) is 26.1 Å². The highest BCUT2D eigenvalue weighted by molar-refractivity contribution is 7.18. The number of phenols is 1. The smallest absolute Gasteiger partial charge is 0.348 e. The Morgan fingerprint density at radius 2 is 1.69 bits per heavy atom. The minimum absolute atomic E-state index is 0.0371. The van der Waals surface area contributed by atoms with Crippen molar-refractivity contribution in [3.8, 4) is 11.5 Å². The second kappa shape index (κ2) is 9.78. The van der Waals surface area contributed by atoms with E-state index in [1.54, 1.807) is 13.8 Å². The molecule has 0 amide bonds. The first-order valence-corrected chi connectivity index (χ1v) is 9.45. The lowest BCUT2D eigenvalue weighted by Gasteiger charge is -2.11. The first-order valence-electron chi connectivity index (χ1n) is 8.64. The summed E-state index contributed by atoms with van der Waals surface area (Å²) in [5.41, 5.74) is 5.79. The number of esters is 3. The maximum atomic E-state index is 12.4. The number of benzene rings is 1. The molecule has 1 aromatic carbocycles. The van der Waals surface area contributed by atoms with Crippen molar-refractivity contribution < 1.29 is 38.4 Å². The molecule has 2 rings (SSSR count). The van der Waals surface area contributed by atoms with Gasteiger partial charge in [-0.15, -0.1) is 11.3 Å². The Hall–Kier alpha value is -3.27. The van der Waals surface area contributed by atoms with E-state index < -0.39 is 24.5 Å². The Kier molecular flexibility index (Phi) is 7.43. The number of aromatic hydroxyl groups is 1. The number of carbonyl (C=O) groups is 3. The predicted octanol–water partition coefficient (Wildman–Crippen LogP) is 2.75. The van der Waals surface area contributed by atoms with Crippen molar-refractivity contribution in [3.63, 3.8) is 0 Å². The zero-order valence-corrected chi connectivity index (χ0v) is 17.0. The molecular formula is C19H21NO8S. The Balaban J connectivity index is 2.36. The zero-order chi connectivity index (χ0) is 21.6. The van der Waals surface area contributed by atoms with Crippen molar-refractivity contribution in [1.29, 1.82) is 0 Å². The largest absolute Gasteiger partial charge is 0.504 e. The van der Waals surface area contributed by atoms with Gasteiger partial charge in [-0.1, -0.05) is 6.07 Å². The summed E-state index contributed by atoms with van der Waals surface area (Å²) in [6, 6.07) is 4.33. The van der Waals surface area contributed by atoms with Gasteiger partial charge in [0, 0.05) is 5.56 Å². The lowest BCUT2D eigenvalue weighted by molar-refractivity contribution is 0.0434. The summed E-state index contributed by atoms with van der Waals surface area (Å²) >= 11 is 0.842. The Morgan fingerprint density at radius 3 is 2.31 bits per heavy atom. The lowest BCUT2D eigenvalue weighted by atomic mass is 10.1. The van der Waals surface area contributed by atoms with E-state index in [-0.39, 0.29) is 51.3 Å². The fourth-order valence-electron chi connectivity index (χ4n) is 2.48. The highest BCUT2D eigenvalue weighted by Crippen LogP contribution is 2.34. The minimum atomic E-state index is -0.879. The number of nitrogens with two attached hydrogens (primary N) is 1. The Morgan fingerprint density at radius 1 is 1.03 bits per heavy atom. The molecule has 0 fully saturated rings. The van der Waals surface area contributed by atoms with Crippen LogP contribution in [0.3, 0.4) is 0 Å². The SMILES string of the molecule is CCOC(=O)c1sc(N)c(C(=O)OCC)c1COC(=O)c1cccc(OC)c1O. The summed E-state index contributed by atoms with van der Waals surface area (Å²) in [4.78, 5) is 37.0. The molecule has 0 saturated heterocycles. The van der Waals surface area contributed by atoms with Gasteiger partial charge in [0.05, 0.1) is 20.3 Å². The van der Waals surface area contributed by atoms with Crippen LogP contribution in [0.15, 0.2) is 18.2 Å². The van der Waals surface area contributed by atoms with Gasteiger partial charge in [-0.25, -0.2) is 14.4 Å². The van der Waals surface area contributed by atoms with E-state index in [1.807, 2.05) is 0 Å². The number of para-hydroxylation sites is 1. The summed E-state index contributed by atoms with van der Waals surface area (Å²) < 4.78 is 20.2. The number of nitrogen functional groups attached to an aromatic ring is 1. The molecule has 0 aliphatic carbocycles. The third-order valence-electron chi connectivity index (χ3n) is 3.76. The monoisotopic (exact) mass is 423 g/mol. The van der Waals surface area contributed by atoms with Crippen molar-refractivity contribution in [1.82, 2.24) is 0 Å². The van der Waals surface area contributed by atoms with Crippen LogP contribution in [0.5, 0.6) is 11.5 Å². The van der Waals surface area contributed by atoms with Crippen molar-refractivity contribution >= 4 is 34.2 Å². The van der Waals surface area contributed by atoms with Gasteiger partial charge in [-0.3, -0.25) is 0 Å². The van der Waals surface area contributed by atoms with Crippen molar-refractivity contribution in [2.45, 2.75) is 20.5 Å². The maximum absolute atomic E-state index is 12.4. The van der Waals surface area contributed by atoms with Crippen molar-refractivity contribution in [2.24, 2.45) is 0 Å². The second-order valence-corrected chi connectivity index (χ2v) is 6.57. The van der Waals surface area contributed by atoms with Crippen LogP contribution in [0.25, 0.3) is 0 Å². The summed E-state index contributed by atoms with van der Waals surface area (Å²) in [6.07, 6.45) is 0. The van der Waals surface area contributed by atoms with Crippen LogP contribution in [-0.4, -0.2) is 43.3 Å². The molecule has 1 heterocycles. The number of methoxy groups -OCH3 is 1. The van der Waals surface area contributed by atoms with Gasteiger partial charge in [-0.2, -0.15) is 0 Å². The fraction of sp³-hybridized carbons (Fsp3) is 0.316. The maximum Gasteiger partial charge on any atom is 0.348 e. The predicted molar refractivity (Wildman–Crippen MR) is 104 cm³/mol. The van der Waals surface area contributed by atoms with Crippen LogP contribution in [0.1, 0.15) is 49.8 Å².